The minimum Gasteiger partial charge on any atom is -0.368 e. The minimum absolute atomic E-state index is 0.0576. The van der Waals surface area contributed by atoms with Gasteiger partial charge in [-0.1, -0.05) is 0 Å². The number of hydrogen-bond donors (Lipinski definition) is 1. The van der Waals surface area contributed by atoms with Crippen molar-refractivity contribution in [3.63, 3.8) is 0 Å². The molecule has 6 nitrogen and oxygen atoms in total. The molecule has 1 saturated heterocycles. The normalized spacial score (nSPS) is 22.2. The second-order valence-corrected chi connectivity index (χ2v) is 5.28. The summed E-state index contributed by atoms with van der Waals surface area (Å²) in [6.07, 6.45) is 7.60. The Kier molecular flexibility index (Phi) is 4.15. The van der Waals surface area contributed by atoms with Crippen LogP contribution >= 0.6 is 0 Å². The van der Waals surface area contributed by atoms with E-state index in [0.29, 0.717) is 5.95 Å². The third kappa shape index (κ3) is 3.05. The molecule has 6 heteroatoms. The largest absolute Gasteiger partial charge is 0.368 e. The molecule has 0 amide bonds. The molecule has 1 aliphatic rings. The number of ether oxygens (including phenoxy) is 1. The molecule has 3 heterocycles. The zero-order valence-corrected chi connectivity index (χ0v) is 12.5. The summed E-state index contributed by atoms with van der Waals surface area (Å²) in [4.78, 5) is 13.2. The molecule has 21 heavy (non-hydrogen) atoms. The smallest absolute Gasteiger partial charge is 0.223 e. The molecule has 0 bridgehead atoms. The summed E-state index contributed by atoms with van der Waals surface area (Å²) < 4.78 is 8.11. The summed E-state index contributed by atoms with van der Waals surface area (Å²) >= 11 is 0. The molecule has 0 spiro atoms. The van der Waals surface area contributed by atoms with Crippen LogP contribution in [0.15, 0.2) is 24.7 Å². The van der Waals surface area contributed by atoms with Crippen LogP contribution in [0.1, 0.15) is 37.4 Å². The fraction of sp³-hybridized carbons (Fsp3) is 0.533. The molecule has 112 valence electrons. The topological polar surface area (TPSA) is 64.9 Å². The molecular weight excluding hydrogens is 266 g/mol. The van der Waals surface area contributed by atoms with Gasteiger partial charge < -0.3 is 14.6 Å². The van der Waals surface area contributed by atoms with Crippen LogP contribution < -0.4 is 5.32 Å². The van der Waals surface area contributed by atoms with Crippen LogP contribution in [0.25, 0.3) is 0 Å². The van der Waals surface area contributed by atoms with E-state index in [1.165, 1.54) is 0 Å². The Balaban J connectivity index is 1.81. The molecular formula is C15H21N5O. The summed E-state index contributed by atoms with van der Waals surface area (Å²) in [5.41, 5.74) is 0.954. The van der Waals surface area contributed by atoms with Gasteiger partial charge >= 0.3 is 0 Å². The van der Waals surface area contributed by atoms with Gasteiger partial charge in [-0.15, -0.1) is 0 Å². The Hall–Kier alpha value is -1.95. The molecule has 0 aromatic carbocycles. The number of nitrogens with zero attached hydrogens (tertiary/aromatic N) is 4. The highest BCUT2D eigenvalue weighted by atomic mass is 16.5. The van der Waals surface area contributed by atoms with Crippen LogP contribution in [-0.2, 0) is 11.3 Å². The Morgan fingerprint density at radius 2 is 2.29 bits per heavy atom. The van der Waals surface area contributed by atoms with Crippen molar-refractivity contribution in [1.82, 2.24) is 19.5 Å². The molecule has 2 aromatic heterocycles. The van der Waals surface area contributed by atoms with Crippen molar-refractivity contribution in [1.29, 1.82) is 0 Å². The number of rotatable bonds is 4. The summed E-state index contributed by atoms with van der Waals surface area (Å²) in [6.45, 7) is 5.74. The van der Waals surface area contributed by atoms with Crippen molar-refractivity contribution in [3.05, 3.63) is 36.2 Å². The zero-order chi connectivity index (χ0) is 14.7. The van der Waals surface area contributed by atoms with E-state index < -0.39 is 0 Å². The van der Waals surface area contributed by atoms with Crippen LogP contribution in [0.4, 0.5) is 5.95 Å². The maximum Gasteiger partial charge on any atom is 0.223 e. The van der Waals surface area contributed by atoms with E-state index in [2.05, 4.69) is 31.8 Å². The fourth-order valence-electron chi connectivity index (χ4n) is 2.71. The van der Waals surface area contributed by atoms with Gasteiger partial charge in [0.25, 0.3) is 0 Å². The molecule has 3 rings (SSSR count). The van der Waals surface area contributed by atoms with Crippen LogP contribution in [0.2, 0.25) is 0 Å². The summed E-state index contributed by atoms with van der Waals surface area (Å²) in [7, 11) is 0. The van der Waals surface area contributed by atoms with Crippen LogP contribution in [-0.4, -0.2) is 32.2 Å². The Morgan fingerprint density at radius 1 is 1.38 bits per heavy atom. The van der Waals surface area contributed by atoms with Gasteiger partial charge in [0, 0.05) is 37.4 Å². The highest BCUT2D eigenvalue weighted by molar-refractivity contribution is 5.28. The standard InChI is InChI=1S/C15H21N5O/c1-3-20-9-8-16-14(20)13-12(5-4-10-21-13)19-15-17-7-6-11(2)18-15/h6-9,12-13H,3-5,10H2,1-2H3,(H,17,18,19)/t12-,13-/m0/s1. The van der Waals surface area contributed by atoms with Gasteiger partial charge in [-0.05, 0) is 32.8 Å². The average molecular weight is 287 g/mol. The lowest BCUT2D eigenvalue weighted by atomic mass is 10.0. The summed E-state index contributed by atoms with van der Waals surface area (Å²) in [6, 6.07) is 2.04. The zero-order valence-electron chi connectivity index (χ0n) is 12.5. The first-order chi connectivity index (χ1) is 10.3. The van der Waals surface area contributed by atoms with E-state index in [4.69, 9.17) is 4.74 Å². The number of aryl methyl sites for hydroxylation is 2. The first kappa shape index (κ1) is 14.0. The molecule has 0 saturated carbocycles. The van der Waals surface area contributed by atoms with E-state index in [1.807, 2.05) is 25.4 Å². The van der Waals surface area contributed by atoms with Crippen LogP contribution in [0, 0.1) is 6.92 Å². The van der Waals surface area contributed by atoms with Gasteiger partial charge in [0.15, 0.2) is 0 Å². The molecule has 2 aromatic rings. The van der Waals surface area contributed by atoms with Crippen molar-refractivity contribution in [2.24, 2.45) is 0 Å². The van der Waals surface area contributed by atoms with E-state index in [0.717, 1.165) is 37.5 Å². The minimum atomic E-state index is -0.0576. The van der Waals surface area contributed by atoms with Gasteiger partial charge in [-0.3, -0.25) is 0 Å². The highest BCUT2D eigenvalue weighted by Gasteiger charge is 2.31. The third-order valence-corrected chi connectivity index (χ3v) is 3.77. The van der Waals surface area contributed by atoms with Crippen molar-refractivity contribution in [3.8, 4) is 0 Å². The van der Waals surface area contributed by atoms with E-state index in [-0.39, 0.29) is 12.1 Å². The first-order valence-electron chi connectivity index (χ1n) is 7.46. The second-order valence-electron chi connectivity index (χ2n) is 5.28. The number of aromatic nitrogens is 4. The molecule has 1 fully saturated rings. The lowest BCUT2D eigenvalue weighted by molar-refractivity contribution is -0.00188. The SMILES string of the molecule is CCn1ccnc1[C@H]1OCCC[C@@H]1Nc1nccc(C)n1. The Bertz CT molecular complexity index is 597. The van der Waals surface area contributed by atoms with Crippen molar-refractivity contribution < 1.29 is 4.74 Å². The third-order valence-electron chi connectivity index (χ3n) is 3.77. The van der Waals surface area contributed by atoms with Gasteiger partial charge in [0.2, 0.25) is 5.95 Å². The maximum absolute atomic E-state index is 5.98. The Labute approximate surface area is 124 Å². The average Bonchev–Trinajstić information content (AvgIpc) is 2.96. The number of nitrogens with one attached hydrogen (secondary N) is 1. The molecule has 0 radical (unpaired) electrons. The van der Waals surface area contributed by atoms with Crippen molar-refractivity contribution >= 4 is 5.95 Å². The Morgan fingerprint density at radius 3 is 3.10 bits per heavy atom. The molecule has 1 aliphatic heterocycles. The lowest BCUT2D eigenvalue weighted by Gasteiger charge is -2.32. The van der Waals surface area contributed by atoms with Crippen molar-refractivity contribution in [2.75, 3.05) is 11.9 Å². The second kappa shape index (κ2) is 6.22. The van der Waals surface area contributed by atoms with E-state index in [1.54, 1.807) is 6.20 Å². The van der Waals surface area contributed by atoms with Gasteiger partial charge in [0.05, 0.1) is 6.04 Å². The number of anilines is 1. The van der Waals surface area contributed by atoms with E-state index in [9.17, 15) is 0 Å². The monoisotopic (exact) mass is 287 g/mol. The summed E-state index contributed by atoms with van der Waals surface area (Å²) in [5.74, 6) is 1.63. The van der Waals surface area contributed by atoms with Crippen molar-refractivity contribution in [2.45, 2.75) is 45.4 Å². The number of imidazole rings is 1. The maximum atomic E-state index is 5.98. The predicted molar refractivity (Wildman–Crippen MR) is 80.0 cm³/mol. The fourth-order valence-corrected chi connectivity index (χ4v) is 2.71. The van der Waals surface area contributed by atoms with Crippen LogP contribution in [0.3, 0.4) is 0 Å². The molecule has 2 atom stereocenters. The summed E-state index contributed by atoms with van der Waals surface area (Å²) in [5, 5.41) is 3.41. The lowest BCUT2D eigenvalue weighted by Crippen LogP contribution is -2.36. The van der Waals surface area contributed by atoms with Gasteiger partial charge in [-0.2, -0.15) is 0 Å². The predicted octanol–water partition coefficient (Wildman–Crippen LogP) is 2.33. The highest BCUT2D eigenvalue weighted by Crippen LogP contribution is 2.29. The van der Waals surface area contributed by atoms with E-state index >= 15 is 0 Å². The first-order valence-corrected chi connectivity index (χ1v) is 7.46. The number of hydrogen-bond acceptors (Lipinski definition) is 5. The van der Waals surface area contributed by atoms with Gasteiger partial charge in [-0.25, -0.2) is 15.0 Å². The van der Waals surface area contributed by atoms with Gasteiger partial charge in [0.1, 0.15) is 11.9 Å². The molecule has 0 aliphatic carbocycles. The molecule has 1 N–H and O–H groups in total. The molecule has 0 unspecified atom stereocenters. The van der Waals surface area contributed by atoms with Crippen LogP contribution in [0.5, 0.6) is 0 Å². The quantitative estimate of drug-likeness (QED) is 0.935.